The van der Waals surface area contributed by atoms with Gasteiger partial charge in [-0.05, 0) is 92.9 Å². The Hall–Kier alpha value is -2.07. The number of amides is 1. The first-order valence-electron chi connectivity index (χ1n) is 14.1. The number of halogens is 1. The average molecular weight is 602 g/mol. The van der Waals surface area contributed by atoms with Crippen LogP contribution in [0.25, 0.3) is 0 Å². The van der Waals surface area contributed by atoms with Crippen LogP contribution in [0.15, 0.2) is 45.5 Å². The van der Waals surface area contributed by atoms with Crippen molar-refractivity contribution in [1.29, 1.82) is 0 Å². The van der Waals surface area contributed by atoms with Gasteiger partial charge in [-0.3, -0.25) is 4.79 Å². The molecule has 210 valence electrons. The van der Waals surface area contributed by atoms with E-state index in [1.807, 2.05) is 6.07 Å². The predicted octanol–water partition coefficient (Wildman–Crippen LogP) is 3.88. The van der Waals surface area contributed by atoms with Crippen molar-refractivity contribution in [3.63, 3.8) is 0 Å². The number of esters is 1. The fourth-order valence-electron chi connectivity index (χ4n) is 9.26. The maximum Gasteiger partial charge on any atom is 0.331 e. The topological polar surface area (TPSA) is 128 Å². The molecule has 39 heavy (non-hydrogen) atoms. The lowest BCUT2D eigenvalue weighted by Gasteiger charge is -2.65. The van der Waals surface area contributed by atoms with E-state index in [9.17, 15) is 24.9 Å². The number of nitrogens with zero attached hydrogens (tertiary/aromatic N) is 1. The van der Waals surface area contributed by atoms with Crippen LogP contribution in [0, 0.1) is 28.6 Å². The fourth-order valence-corrected chi connectivity index (χ4v) is 9.66. The number of cyclic esters (lactones) is 1. The molecule has 8 atom stereocenters. The number of carbonyl (C=O) groups excluding carboxylic acids is 2. The van der Waals surface area contributed by atoms with Crippen molar-refractivity contribution in [2.24, 2.45) is 33.7 Å². The minimum atomic E-state index is -1.17. The third-order valence-corrected chi connectivity index (χ3v) is 11.7. The Morgan fingerprint density at radius 2 is 1.92 bits per heavy atom. The zero-order chi connectivity index (χ0) is 27.6. The Labute approximate surface area is 237 Å². The fraction of sp³-hybridized carbons (Fsp3) is 0.633. The van der Waals surface area contributed by atoms with E-state index in [0.29, 0.717) is 44.3 Å². The standard InChI is InChI=1S/C30H37BrN2O6/c1-27-9-6-23-24(30(27,38)12-8-22(27)19-14-25(35)39-16-19)7-11-29(37)15-21(34)5-10-28(23,29)17-32-33-26(36)18-3-2-4-20(31)13-18/h2-4,13-14,17,21-24,34,37-38H,5-12,15-16H2,1H3,(H,33,36)/b32-17-/t21-,22-,23+,24-,27-,28+,29-,30-/m1/s1. The van der Waals surface area contributed by atoms with Crippen molar-refractivity contribution in [1.82, 2.24) is 5.43 Å². The molecule has 6 rings (SSSR count). The third kappa shape index (κ3) is 4.06. The smallest absolute Gasteiger partial charge is 0.331 e. The Kier molecular flexibility index (Phi) is 6.61. The highest BCUT2D eigenvalue weighted by molar-refractivity contribution is 9.10. The summed E-state index contributed by atoms with van der Waals surface area (Å²) in [4.78, 5) is 24.7. The van der Waals surface area contributed by atoms with E-state index in [4.69, 9.17) is 4.74 Å². The summed E-state index contributed by atoms with van der Waals surface area (Å²) in [6.07, 6.45) is 8.13. The van der Waals surface area contributed by atoms with E-state index in [2.05, 4.69) is 33.4 Å². The summed E-state index contributed by atoms with van der Waals surface area (Å²) < 4.78 is 6.02. The van der Waals surface area contributed by atoms with E-state index < -0.39 is 28.1 Å². The number of aliphatic hydroxyl groups is 3. The number of ether oxygens (including phenoxy) is 1. The molecule has 0 saturated heterocycles. The van der Waals surface area contributed by atoms with E-state index in [1.165, 1.54) is 0 Å². The van der Waals surface area contributed by atoms with Gasteiger partial charge in [-0.2, -0.15) is 5.10 Å². The zero-order valence-corrected chi connectivity index (χ0v) is 23.8. The quantitative estimate of drug-likeness (QED) is 0.236. The Bertz CT molecular complexity index is 1250. The lowest BCUT2D eigenvalue weighted by Crippen LogP contribution is -2.68. The van der Waals surface area contributed by atoms with Crippen molar-refractivity contribution in [2.75, 3.05) is 6.61 Å². The van der Waals surface area contributed by atoms with Crippen LogP contribution in [0.1, 0.15) is 75.1 Å². The van der Waals surface area contributed by atoms with Crippen LogP contribution in [0.2, 0.25) is 0 Å². The maximum atomic E-state index is 12.8. The van der Waals surface area contributed by atoms with Crippen LogP contribution in [0.4, 0.5) is 0 Å². The average Bonchev–Trinajstić information content (AvgIpc) is 3.43. The first-order valence-corrected chi connectivity index (χ1v) is 14.9. The molecule has 1 aromatic carbocycles. The van der Waals surface area contributed by atoms with Crippen molar-refractivity contribution >= 4 is 34.0 Å². The van der Waals surface area contributed by atoms with Gasteiger partial charge < -0.3 is 20.1 Å². The number of rotatable bonds is 4. The summed E-state index contributed by atoms with van der Waals surface area (Å²) in [5.74, 6) is -0.685. The molecule has 4 aliphatic carbocycles. The molecule has 0 radical (unpaired) electrons. The highest BCUT2D eigenvalue weighted by Crippen LogP contribution is 2.70. The van der Waals surface area contributed by atoms with Crippen molar-refractivity contribution in [2.45, 2.75) is 82.0 Å². The normalized spacial score (nSPS) is 43.3. The van der Waals surface area contributed by atoms with E-state index in [0.717, 1.165) is 29.3 Å². The highest BCUT2D eigenvalue weighted by Gasteiger charge is 2.71. The summed E-state index contributed by atoms with van der Waals surface area (Å²) in [5.41, 5.74) is 0.808. The van der Waals surface area contributed by atoms with Crippen molar-refractivity contribution in [3.05, 3.63) is 46.0 Å². The van der Waals surface area contributed by atoms with Gasteiger partial charge in [0.25, 0.3) is 5.91 Å². The molecule has 1 aliphatic heterocycles. The zero-order valence-electron chi connectivity index (χ0n) is 22.2. The largest absolute Gasteiger partial charge is 0.458 e. The van der Waals surface area contributed by atoms with Gasteiger partial charge in [-0.25, -0.2) is 10.2 Å². The molecule has 0 bridgehead atoms. The van der Waals surface area contributed by atoms with Crippen LogP contribution in [0.3, 0.4) is 0 Å². The van der Waals surface area contributed by atoms with Gasteiger partial charge in [-0.1, -0.05) is 28.9 Å². The third-order valence-electron chi connectivity index (χ3n) is 11.2. The van der Waals surface area contributed by atoms with Gasteiger partial charge in [0, 0.05) is 39.6 Å². The van der Waals surface area contributed by atoms with Crippen molar-refractivity contribution < 1.29 is 29.6 Å². The summed E-state index contributed by atoms with van der Waals surface area (Å²) in [5, 5.41) is 39.6. The SMILES string of the molecule is C[C@]12CC[C@H]3[C@@H](CC[C@@]4(O)C[C@H](O)CC[C@]34/C=N\NC(=O)c3cccc(Br)c3)[C@]1(O)CC[C@@H]2C1=CC(=O)OC1. The molecule has 0 unspecified atom stereocenters. The van der Waals surface area contributed by atoms with E-state index in [1.54, 1.807) is 30.5 Å². The second-order valence-corrected chi connectivity index (χ2v) is 13.6. The number of nitrogens with one attached hydrogen (secondary N) is 1. The lowest BCUT2D eigenvalue weighted by atomic mass is 9.41. The number of hydrogen-bond donors (Lipinski definition) is 4. The monoisotopic (exact) mass is 600 g/mol. The maximum absolute atomic E-state index is 12.8. The molecular weight excluding hydrogens is 564 g/mol. The first kappa shape index (κ1) is 27.1. The molecule has 0 aromatic heterocycles. The highest BCUT2D eigenvalue weighted by atomic mass is 79.9. The molecule has 8 nitrogen and oxygen atoms in total. The van der Waals surface area contributed by atoms with Gasteiger partial charge in [0.2, 0.25) is 0 Å². The molecule has 0 spiro atoms. The molecule has 4 saturated carbocycles. The van der Waals surface area contributed by atoms with E-state index >= 15 is 0 Å². The minimum Gasteiger partial charge on any atom is -0.458 e. The van der Waals surface area contributed by atoms with Crippen LogP contribution < -0.4 is 5.43 Å². The summed E-state index contributed by atoms with van der Waals surface area (Å²) in [6, 6.07) is 7.06. The molecule has 1 amide bonds. The minimum absolute atomic E-state index is 0.0532. The van der Waals surface area contributed by atoms with Crippen LogP contribution in [0.5, 0.6) is 0 Å². The molecule has 9 heteroatoms. The van der Waals surface area contributed by atoms with Gasteiger partial charge >= 0.3 is 5.97 Å². The first-order chi connectivity index (χ1) is 18.5. The van der Waals surface area contributed by atoms with Crippen LogP contribution in [-0.4, -0.2) is 57.3 Å². The molecule has 1 aromatic rings. The van der Waals surface area contributed by atoms with Gasteiger partial charge in [0.15, 0.2) is 0 Å². The van der Waals surface area contributed by atoms with Crippen molar-refractivity contribution in [3.8, 4) is 0 Å². The second-order valence-electron chi connectivity index (χ2n) is 12.7. The predicted molar refractivity (Wildman–Crippen MR) is 148 cm³/mol. The second kappa shape index (κ2) is 9.50. The molecule has 4 N–H and O–H groups in total. The Balaban J connectivity index is 1.32. The summed E-state index contributed by atoms with van der Waals surface area (Å²) >= 11 is 3.39. The number of hydrogen-bond acceptors (Lipinski definition) is 7. The number of fused-ring (bicyclic) bond motifs is 5. The van der Waals surface area contributed by atoms with Crippen LogP contribution in [-0.2, 0) is 9.53 Å². The number of benzene rings is 1. The van der Waals surface area contributed by atoms with Gasteiger partial charge in [0.05, 0.1) is 17.3 Å². The number of carbonyl (C=O) groups is 2. The summed E-state index contributed by atoms with van der Waals surface area (Å²) in [7, 11) is 0. The van der Waals surface area contributed by atoms with Crippen LogP contribution >= 0.6 is 15.9 Å². The summed E-state index contributed by atoms with van der Waals surface area (Å²) in [6.45, 7) is 2.46. The molecule has 1 heterocycles. The Morgan fingerprint density at radius 3 is 2.67 bits per heavy atom. The van der Waals surface area contributed by atoms with Gasteiger partial charge in [-0.15, -0.1) is 0 Å². The Morgan fingerprint density at radius 1 is 1.13 bits per heavy atom. The number of hydrazone groups is 1. The number of aliphatic hydroxyl groups excluding tert-OH is 1. The molecule has 4 fully saturated rings. The van der Waals surface area contributed by atoms with Gasteiger partial charge in [0.1, 0.15) is 6.61 Å². The molecule has 5 aliphatic rings. The van der Waals surface area contributed by atoms with E-state index in [-0.39, 0.29) is 36.1 Å². The lowest BCUT2D eigenvalue weighted by molar-refractivity contribution is -0.237. The molecular formula is C30H37BrN2O6.